The van der Waals surface area contributed by atoms with E-state index in [1.807, 2.05) is 0 Å². The molecular weight excluding hydrogens is 230 g/mol. The predicted molar refractivity (Wildman–Crippen MR) is 55.7 cm³/mol. The van der Waals surface area contributed by atoms with Crippen molar-refractivity contribution in [1.82, 2.24) is 15.0 Å². The molecule has 0 aliphatic carbocycles. The SMILES string of the molecule is CC(C)c1nc2c(Br)cncc2[nH]1. The third kappa shape index (κ3) is 1.46. The fourth-order valence-electron chi connectivity index (χ4n) is 1.19. The summed E-state index contributed by atoms with van der Waals surface area (Å²) in [4.78, 5) is 11.8. The van der Waals surface area contributed by atoms with Gasteiger partial charge in [0.15, 0.2) is 0 Å². The van der Waals surface area contributed by atoms with Crippen molar-refractivity contribution in [2.75, 3.05) is 0 Å². The maximum atomic E-state index is 4.47. The summed E-state index contributed by atoms with van der Waals surface area (Å²) < 4.78 is 0.938. The average molecular weight is 240 g/mol. The van der Waals surface area contributed by atoms with E-state index in [0.29, 0.717) is 5.92 Å². The van der Waals surface area contributed by atoms with Gasteiger partial charge in [0.1, 0.15) is 11.3 Å². The lowest BCUT2D eigenvalue weighted by molar-refractivity contribution is 0.799. The number of aromatic amines is 1. The van der Waals surface area contributed by atoms with Gasteiger partial charge in [0.2, 0.25) is 0 Å². The van der Waals surface area contributed by atoms with Crippen LogP contribution in [0.3, 0.4) is 0 Å². The molecule has 0 bridgehead atoms. The second kappa shape index (κ2) is 3.10. The second-order valence-electron chi connectivity index (χ2n) is 3.29. The minimum Gasteiger partial charge on any atom is -0.340 e. The fourth-order valence-corrected chi connectivity index (χ4v) is 1.61. The van der Waals surface area contributed by atoms with Crippen molar-refractivity contribution in [3.05, 3.63) is 22.7 Å². The highest BCUT2D eigenvalue weighted by Gasteiger charge is 2.08. The highest BCUT2D eigenvalue weighted by molar-refractivity contribution is 9.10. The molecule has 1 N–H and O–H groups in total. The zero-order valence-corrected chi connectivity index (χ0v) is 9.09. The summed E-state index contributed by atoms with van der Waals surface area (Å²) in [5.74, 6) is 1.42. The Balaban J connectivity index is 2.68. The van der Waals surface area contributed by atoms with Gasteiger partial charge in [-0.15, -0.1) is 0 Å². The Morgan fingerprint density at radius 3 is 2.77 bits per heavy atom. The smallest absolute Gasteiger partial charge is 0.109 e. The van der Waals surface area contributed by atoms with E-state index in [4.69, 9.17) is 0 Å². The van der Waals surface area contributed by atoms with Crippen molar-refractivity contribution < 1.29 is 0 Å². The van der Waals surface area contributed by atoms with Crippen LogP contribution in [0.25, 0.3) is 11.0 Å². The quantitative estimate of drug-likeness (QED) is 0.832. The normalized spacial score (nSPS) is 11.4. The van der Waals surface area contributed by atoms with Crippen LogP contribution < -0.4 is 0 Å². The molecule has 0 aromatic carbocycles. The van der Waals surface area contributed by atoms with Crippen molar-refractivity contribution >= 4 is 27.0 Å². The molecule has 13 heavy (non-hydrogen) atoms. The van der Waals surface area contributed by atoms with Gasteiger partial charge in [-0.2, -0.15) is 0 Å². The maximum absolute atomic E-state index is 4.47. The van der Waals surface area contributed by atoms with Gasteiger partial charge in [0.05, 0.1) is 16.2 Å². The molecule has 3 nitrogen and oxygen atoms in total. The lowest BCUT2D eigenvalue weighted by atomic mass is 10.2. The Morgan fingerprint density at radius 1 is 1.38 bits per heavy atom. The summed E-state index contributed by atoms with van der Waals surface area (Å²) in [6, 6.07) is 0. The van der Waals surface area contributed by atoms with E-state index in [-0.39, 0.29) is 0 Å². The van der Waals surface area contributed by atoms with Gasteiger partial charge < -0.3 is 4.98 Å². The van der Waals surface area contributed by atoms with E-state index in [0.717, 1.165) is 21.3 Å². The summed E-state index contributed by atoms with van der Waals surface area (Å²) in [5.41, 5.74) is 1.94. The molecular formula is C9H10BrN3. The van der Waals surface area contributed by atoms with E-state index >= 15 is 0 Å². The van der Waals surface area contributed by atoms with Gasteiger partial charge in [0.25, 0.3) is 0 Å². The number of pyridine rings is 1. The van der Waals surface area contributed by atoms with Gasteiger partial charge >= 0.3 is 0 Å². The van der Waals surface area contributed by atoms with Crippen molar-refractivity contribution in [3.63, 3.8) is 0 Å². The Bertz CT molecular complexity index is 433. The first-order valence-corrected chi connectivity index (χ1v) is 4.97. The molecule has 0 fully saturated rings. The number of H-pyrrole nitrogens is 1. The van der Waals surface area contributed by atoms with E-state index in [1.165, 1.54) is 0 Å². The molecule has 2 heterocycles. The highest BCUT2D eigenvalue weighted by atomic mass is 79.9. The van der Waals surface area contributed by atoms with Crippen LogP contribution in [0.2, 0.25) is 0 Å². The molecule has 0 saturated heterocycles. The summed E-state index contributed by atoms with van der Waals surface area (Å²) >= 11 is 3.41. The maximum Gasteiger partial charge on any atom is 0.109 e. The molecule has 0 aliphatic heterocycles. The number of rotatable bonds is 1. The number of nitrogens with zero attached hydrogens (tertiary/aromatic N) is 2. The van der Waals surface area contributed by atoms with Crippen LogP contribution in [0, 0.1) is 0 Å². The molecule has 0 atom stereocenters. The van der Waals surface area contributed by atoms with Gasteiger partial charge in [-0.1, -0.05) is 13.8 Å². The molecule has 2 aromatic heterocycles. The summed E-state index contributed by atoms with van der Waals surface area (Å²) in [6.45, 7) is 4.22. The van der Waals surface area contributed by atoms with Crippen LogP contribution >= 0.6 is 15.9 Å². The van der Waals surface area contributed by atoms with Crippen molar-refractivity contribution in [2.45, 2.75) is 19.8 Å². The van der Waals surface area contributed by atoms with E-state index < -0.39 is 0 Å². The second-order valence-corrected chi connectivity index (χ2v) is 4.15. The first-order chi connectivity index (χ1) is 6.18. The number of aromatic nitrogens is 3. The number of fused-ring (bicyclic) bond motifs is 1. The van der Waals surface area contributed by atoms with Crippen LogP contribution in [0.4, 0.5) is 0 Å². The molecule has 0 saturated carbocycles. The number of hydrogen-bond acceptors (Lipinski definition) is 2. The molecule has 0 aliphatic rings. The molecule has 0 unspecified atom stereocenters. The average Bonchev–Trinajstić information content (AvgIpc) is 2.49. The lowest BCUT2D eigenvalue weighted by Crippen LogP contribution is -1.88. The molecule has 2 rings (SSSR count). The predicted octanol–water partition coefficient (Wildman–Crippen LogP) is 2.84. The van der Waals surface area contributed by atoms with Crippen molar-refractivity contribution in [2.24, 2.45) is 0 Å². The lowest BCUT2D eigenvalue weighted by Gasteiger charge is -1.95. The zero-order chi connectivity index (χ0) is 9.42. The number of nitrogens with one attached hydrogen (secondary N) is 1. The minimum atomic E-state index is 0.416. The van der Waals surface area contributed by atoms with Gasteiger partial charge in [0, 0.05) is 12.1 Å². The number of imidazole rings is 1. The zero-order valence-electron chi connectivity index (χ0n) is 7.50. The minimum absolute atomic E-state index is 0.416. The van der Waals surface area contributed by atoms with Crippen LogP contribution in [-0.2, 0) is 0 Å². The van der Waals surface area contributed by atoms with Crippen LogP contribution in [-0.4, -0.2) is 15.0 Å². The molecule has 68 valence electrons. The third-order valence-electron chi connectivity index (χ3n) is 1.91. The topological polar surface area (TPSA) is 41.6 Å². The standard InChI is InChI=1S/C9H10BrN3/c1-5(2)9-12-7-4-11-3-6(10)8(7)13-9/h3-5H,1-2H3,(H,12,13). The van der Waals surface area contributed by atoms with Crippen LogP contribution in [0.5, 0.6) is 0 Å². The molecule has 2 aromatic rings. The Morgan fingerprint density at radius 2 is 2.15 bits per heavy atom. The number of halogens is 1. The van der Waals surface area contributed by atoms with E-state index in [9.17, 15) is 0 Å². The van der Waals surface area contributed by atoms with Gasteiger partial charge in [-0.25, -0.2) is 4.98 Å². The molecule has 0 amide bonds. The Kier molecular flexibility index (Phi) is 2.07. The van der Waals surface area contributed by atoms with E-state index in [1.54, 1.807) is 12.4 Å². The first-order valence-electron chi connectivity index (χ1n) is 4.17. The van der Waals surface area contributed by atoms with Crippen molar-refractivity contribution in [1.29, 1.82) is 0 Å². The first kappa shape index (κ1) is 8.69. The van der Waals surface area contributed by atoms with Gasteiger partial charge in [-0.3, -0.25) is 4.98 Å². The summed E-state index contributed by atoms with van der Waals surface area (Å²) in [6.07, 6.45) is 3.55. The Hall–Kier alpha value is -0.900. The summed E-state index contributed by atoms with van der Waals surface area (Å²) in [5, 5.41) is 0. The highest BCUT2D eigenvalue weighted by Crippen LogP contribution is 2.22. The third-order valence-corrected chi connectivity index (χ3v) is 2.50. The summed E-state index contributed by atoms with van der Waals surface area (Å²) in [7, 11) is 0. The van der Waals surface area contributed by atoms with Crippen LogP contribution in [0.1, 0.15) is 25.6 Å². The molecule has 0 radical (unpaired) electrons. The Labute approximate surface area is 84.7 Å². The van der Waals surface area contributed by atoms with Crippen LogP contribution in [0.15, 0.2) is 16.9 Å². The largest absolute Gasteiger partial charge is 0.340 e. The van der Waals surface area contributed by atoms with Crippen molar-refractivity contribution in [3.8, 4) is 0 Å². The number of hydrogen-bond donors (Lipinski definition) is 1. The fraction of sp³-hybridized carbons (Fsp3) is 0.333. The monoisotopic (exact) mass is 239 g/mol. The molecule has 4 heteroatoms. The van der Waals surface area contributed by atoms with E-state index in [2.05, 4.69) is 44.7 Å². The molecule has 0 spiro atoms. The van der Waals surface area contributed by atoms with Gasteiger partial charge in [-0.05, 0) is 15.9 Å².